The van der Waals surface area contributed by atoms with Crippen molar-refractivity contribution < 1.29 is 19.1 Å². The molecule has 1 N–H and O–H groups in total. The molecule has 2 aromatic carbocycles. The van der Waals surface area contributed by atoms with Gasteiger partial charge < -0.3 is 15.0 Å². The summed E-state index contributed by atoms with van der Waals surface area (Å²) in [5, 5.41) is 2.93. The highest BCUT2D eigenvalue weighted by molar-refractivity contribution is 5.92. The molecule has 3 rings (SSSR count). The second-order valence-corrected chi connectivity index (χ2v) is 8.39. The number of carbonyl (C=O) groups excluding carboxylic acids is 3. The number of amides is 2. The predicted octanol–water partition coefficient (Wildman–Crippen LogP) is 4.24. The lowest BCUT2D eigenvalue weighted by atomic mass is 9.86. The normalized spacial score (nSPS) is 16.1. The molecule has 2 aromatic rings. The number of hydrogen-bond acceptors (Lipinski definition) is 4. The Morgan fingerprint density at radius 2 is 1.59 bits per heavy atom. The quantitative estimate of drug-likeness (QED) is 0.628. The minimum Gasteiger partial charge on any atom is -0.455 e. The molecule has 1 fully saturated rings. The van der Waals surface area contributed by atoms with Gasteiger partial charge in [-0.2, -0.15) is 0 Å². The average Bonchev–Trinajstić information content (AvgIpc) is 2.84. The number of esters is 1. The fraction of sp³-hybridized carbons (Fsp3) is 0.423. The lowest BCUT2D eigenvalue weighted by molar-refractivity contribution is -0.155. The standard InChI is InChI=1S/C26H32N2O4/c1-3-19(2)24(20-10-6-4-7-11-20)26(31)32-18-23(29)28-16-14-21(15-17-28)25(30)27-22-12-8-5-9-13-22/h4-13,19,21,24H,3,14-18H2,1-2H3,(H,27,30)/t19-,24+/m0/s1. The summed E-state index contributed by atoms with van der Waals surface area (Å²) in [5.74, 6) is -1.00. The highest BCUT2D eigenvalue weighted by Crippen LogP contribution is 2.28. The molecule has 1 heterocycles. The molecule has 0 aliphatic carbocycles. The van der Waals surface area contributed by atoms with Gasteiger partial charge in [-0.25, -0.2) is 0 Å². The van der Waals surface area contributed by atoms with Gasteiger partial charge in [0.25, 0.3) is 5.91 Å². The Labute approximate surface area is 189 Å². The molecule has 170 valence electrons. The summed E-state index contributed by atoms with van der Waals surface area (Å²) in [6.07, 6.45) is 2.02. The van der Waals surface area contributed by atoms with Gasteiger partial charge in [-0.05, 0) is 36.5 Å². The van der Waals surface area contributed by atoms with Gasteiger partial charge in [0.15, 0.2) is 6.61 Å². The second kappa shape index (κ2) is 11.5. The van der Waals surface area contributed by atoms with E-state index in [-0.39, 0.29) is 42.1 Å². The third-order valence-corrected chi connectivity index (χ3v) is 6.22. The fourth-order valence-corrected chi connectivity index (χ4v) is 4.06. The molecule has 0 radical (unpaired) electrons. The largest absolute Gasteiger partial charge is 0.455 e. The van der Waals surface area contributed by atoms with Crippen molar-refractivity contribution in [1.82, 2.24) is 4.90 Å². The average molecular weight is 437 g/mol. The van der Waals surface area contributed by atoms with Crippen LogP contribution in [0.1, 0.15) is 44.6 Å². The van der Waals surface area contributed by atoms with Crippen molar-refractivity contribution in [2.45, 2.75) is 39.0 Å². The molecule has 2 atom stereocenters. The number of anilines is 1. The number of carbonyl (C=O) groups is 3. The van der Waals surface area contributed by atoms with Crippen LogP contribution in [0.3, 0.4) is 0 Å². The van der Waals surface area contributed by atoms with E-state index in [0.717, 1.165) is 17.7 Å². The third kappa shape index (κ3) is 6.19. The number of hydrogen-bond donors (Lipinski definition) is 1. The highest BCUT2D eigenvalue weighted by atomic mass is 16.5. The first-order valence-corrected chi connectivity index (χ1v) is 11.3. The molecule has 6 heteroatoms. The Morgan fingerprint density at radius 1 is 1.00 bits per heavy atom. The summed E-state index contributed by atoms with van der Waals surface area (Å²) in [5.41, 5.74) is 1.68. The van der Waals surface area contributed by atoms with E-state index >= 15 is 0 Å². The monoisotopic (exact) mass is 436 g/mol. The summed E-state index contributed by atoms with van der Waals surface area (Å²) in [6.45, 7) is 4.76. The van der Waals surface area contributed by atoms with E-state index < -0.39 is 0 Å². The van der Waals surface area contributed by atoms with E-state index in [1.54, 1.807) is 4.90 Å². The molecular weight excluding hydrogens is 404 g/mol. The maximum Gasteiger partial charge on any atom is 0.314 e. The van der Waals surface area contributed by atoms with Gasteiger partial charge in [-0.15, -0.1) is 0 Å². The van der Waals surface area contributed by atoms with Crippen LogP contribution in [0.4, 0.5) is 5.69 Å². The molecule has 1 aliphatic heterocycles. The Bertz CT molecular complexity index is 893. The number of benzene rings is 2. The van der Waals surface area contributed by atoms with E-state index in [2.05, 4.69) is 5.32 Å². The van der Waals surface area contributed by atoms with Gasteiger partial charge in [0, 0.05) is 24.7 Å². The van der Waals surface area contributed by atoms with Crippen molar-refractivity contribution in [3.63, 3.8) is 0 Å². The number of para-hydroxylation sites is 1. The van der Waals surface area contributed by atoms with Crippen molar-refractivity contribution in [1.29, 1.82) is 0 Å². The Kier molecular flexibility index (Phi) is 8.42. The van der Waals surface area contributed by atoms with Gasteiger partial charge in [0.1, 0.15) is 0 Å². The fourth-order valence-electron chi connectivity index (χ4n) is 4.06. The smallest absolute Gasteiger partial charge is 0.314 e. The molecule has 0 bridgehead atoms. The second-order valence-electron chi connectivity index (χ2n) is 8.39. The zero-order chi connectivity index (χ0) is 22.9. The maximum absolute atomic E-state index is 12.8. The number of piperidine rings is 1. The lowest BCUT2D eigenvalue weighted by Crippen LogP contribution is -2.43. The van der Waals surface area contributed by atoms with Crippen LogP contribution in [0.15, 0.2) is 60.7 Å². The number of ether oxygens (including phenoxy) is 1. The van der Waals surface area contributed by atoms with E-state index in [4.69, 9.17) is 4.74 Å². The van der Waals surface area contributed by atoms with Gasteiger partial charge in [-0.1, -0.05) is 68.8 Å². The van der Waals surface area contributed by atoms with Crippen molar-refractivity contribution in [2.24, 2.45) is 11.8 Å². The van der Waals surface area contributed by atoms with Crippen LogP contribution in [-0.4, -0.2) is 42.4 Å². The van der Waals surface area contributed by atoms with Crippen LogP contribution in [0.2, 0.25) is 0 Å². The lowest BCUT2D eigenvalue weighted by Gasteiger charge is -2.31. The van der Waals surface area contributed by atoms with Crippen molar-refractivity contribution in [3.05, 3.63) is 66.2 Å². The van der Waals surface area contributed by atoms with Gasteiger partial charge >= 0.3 is 5.97 Å². The topological polar surface area (TPSA) is 75.7 Å². The first-order valence-electron chi connectivity index (χ1n) is 11.3. The van der Waals surface area contributed by atoms with Crippen LogP contribution in [0.5, 0.6) is 0 Å². The molecule has 0 saturated carbocycles. The number of likely N-dealkylation sites (tertiary alicyclic amines) is 1. The summed E-state index contributed by atoms with van der Waals surface area (Å²) in [7, 11) is 0. The van der Waals surface area contributed by atoms with Gasteiger partial charge in [0.05, 0.1) is 5.92 Å². The predicted molar refractivity (Wildman–Crippen MR) is 124 cm³/mol. The SMILES string of the molecule is CC[C@H](C)[C@@H](C(=O)OCC(=O)N1CCC(C(=O)Nc2ccccc2)CC1)c1ccccc1. The molecule has 0 spiro atoms. The van der Waals surface area contributed by atoms with E-state index in [0.29, 0.717) is 25.9 Å². The minimum absolute atomic E-state index is 0.0195. The molecule has 1 saturated heterocycles. The summed E-state index contributed by atoms with van der Waals surface area (Å²) >= 11 is 0. The molecule has 2 amide bonds. The zero-order valence-corrected chi connectivity index (χ0v) is 18.8. The van der Waals surface area contributed by atoms with Crippen molar-refractivity contribution in [3.8, 4) is 0 Å². The maximum atomic E-state index is 12.8. The van der Waals surface area contributed by atoms with Crippen LogP contribution in [-0.2, 0) is 19.1 Å². The van der Waals surface area contributed by atoms with E-state index in [1.807, 2.05) is 74.5 Å². The third-order valence-electron chi connectivity index (χ3n) is 6.22. The highest BCUT2D eigenvalue weighted by Gasteiger charge is 2.30. The first-order chi connectivity index (χ1) is 15.5. The van der Waals surface area contributed by atoms with Gasteiger partial charge in [0.2, 0.25) is 5.91 Å². The molecule has 0 aromatic heterocycles. The van der Waals surface area contributed by atoms with Gasteiger partial charge in [-0.3, -0.25) is 14.4 Å². The Balaban J connectivity index is 1.48. The molecule has 1 aliphatic rings. The molecule has 32 heavy (non-hydrogen) atoms. The van der Waals surface area contributed by atoms with Crippen LogP contribution in [0.25, 0.3) is 0 Å². The number of nitrogens with one attached hydrogen (secondary N) is 1. The molecule has 0 unspecified atom stereocenters. The van der Waals surface area contributed by atoms with Crippen molar-refractivity contribution in [2.75, 3.05) is 25.0 Å². The summed E-state index contributed by atoms with van der Waals surface area (Å²) in [4.78, 5) is 39.6. The minimum atomic E-state index is -0.388. The van der Waals surface area contributed by atoms with Crippen molar-refractivity contribution >= 4 is 23.5 Å². The molecule has 6 nitrogen and oxygen atoms in total. The summed E-state index contributed by atoms with van der Waals surface area (Å²) < 4.78 is 5.44. The molecular formula is C26H32N2O4. The van der Waals surface area contributed by atoms with Crippen LogP contribution >= 0.6 is 0 Å². The van der Waals surface area contributed by atoms with E-state index in [9.17, 15) is 14.4 Å². The van der Waals surface area contributed by atoms with Crippen LogP contribution in [0, 0.1) is 11.8 Å². The van der Waals surface area contributed by atoms with E-state index in [1.165, 1.54) is 0 Å². The Morgan fingerprint density at radius 3 is 2.19 bits per heavy atom. The number of rotatable bonds is 8. The summed E-state index contributed by atoms with van der Waals surface area (Å²) in [6, 6.07) is 18.9. The Hall–Kier alpha value is -3.15. The zero-order valence-electron chi connectivity index (χ0n) is 18.8. The number of nitrogens with zero attached hydrogens (tertiary/aromatic N) is 1. The van der Waals surface area contributed by atoms with Crippen LogP contribution < -0.4 is 5.32 Å². The first kappa shape index (κ1) is 23.5.